The molecule has 0 aromatic carbocycles. The lowest BCUT2D eigenvalue weighted by Crippen LogP contribution is -2.51. The number of hydrogen-bond donors (Lipinski definition) is 1. The second-order valence-electron chi connectivity index (χ2n) is 6.30. The Hall–Kier alpha value is -0.900. The van der Waals surface area contributed by atoms with Crippen LogP contribution in [0.4, 0.5) is 0 Å². The number of amides is 1. The number of piperidine rings is 1. The smallest absolute Gasteiger partial charge is 0.234 e. The third-order valence-corrected chi connectivity index (χ3v) is 3.54. The van der Waals surface area contributed by atoms with E-state index in [-0.39, 0.29) is 11.4 Å². The largest absolute Gasteiger partial charge is 0.350 e. The molecule has 0 spiro atoms. The molecule has 2 aliphatic heterocycles. The Morgan fingerprint density at radius 1 is 1.29 bits per heavy atom. The van der Waals surface area contributed by atoms with Gasteiger partial charge in [0.05, 0.1) is 6.54 Å². The molecule has 96 valence electrons. The molecule has 2 atom stereocenters. The van der Waals surface area contributed by atoms with Crippen molar-refractivity contribution in [1.82, 2.24) is 10.2 Å². The predicted molar refractivity (Wildman–Crippen MR) is 65.7 cm³/mol. The molecule has 2 bridgehead atoms. The Kier molecular flexibility index (Phi) is 3.25. The van der Waals surface area contributed by atoms with E-state index in [1.165, 1.54) is 0 Å². The Labute approximate surface area is 103 Å². The van der Waals surface area contributed by atoms with Gasteiger partial charge >= 0.3 is 0 Å². The monoisotopic (exact) mass is 238 g/mol. The van der Waals surface area contributed by atoms with E-state index in [1.807, 2.05) is 20.8 Å². The Morgan fingerprint density at radius 3 is 2.29 bits per heavy atom. The molecule has 0 radical (unpaired) electrons. The molecule has 2 unspecified atom stereocenters. The second kappa shape index (κ2) is 4.41. The fourth-order valence-corrected chi connectivity index (χ4v) is 2.94. The summed E-state index contributed by atoms with van der Waals surface area (Å²) in [6, 6.07) is 0.624. The average Bonchev–Trinajstić information content (AvgIpc) is 2.42. The van der Waals surface area contributed by atoms with Crippen LogP contribution >= 0.6 is 0 Å². The number of Topliss-reactive ketones (excluding diaryl/α,β-unsaturated/α-hetero) is 1. The van der Waals surface area contributed by atoms with Crippen molar-refractivity contribution >= 4 is 11.7 Å². The molecule has 0 saturated carbocycles. The van der Waals surface area contributed by atoms with Gasteiger partial charge in [-0.3, -0.25) is 14.5 Å². The first-order chi connectivity index (χ1) is 7.85. The van der Waals surface area contributed by atoms with Crippen LogP contribution in [-0.2, 0) is 9.59 Å². The lowest BCUT2D eigenvalue weighted by Gasteiger charge is -2.34. The van der Waals surface area contributed by atoms with Gasteiger partial charge in [-0.1, -0.05) is 0 Å². The van der Waals surface area contributed by atoms with E-state index in [4.69, 9.17) is 0 Å². The number of fused-ring (bicyclic) bond motifs is 2. The molecular formula is C13H22N2O2. The lowest BCUT2D eigenvalue weighted by atomic mass is 10.0. The van der Waals surface area contributed by atoms with Crippen LogP contribution in [0.2, 0.25) is 0 Å². The van der Waals surface area contributed by atoms with Crippen molar-refractivity contribution in [2.24, 2.45) is 0 Å². The number of nitrogens with zero attached hydrogens (tertiary/aromatic N) is 1. The number of carbonyl (C=O) groups is 2. The Morgan fingerprint density at radius 2 is 1.82 bits per heavy atom. The van der Waals surface area contributed by atoms with E-state index in [0.29, 0.717) is 37.3 Å². The van der Waals surface area contributed by atoms with Crippen LogP contribution in [0.1, 0.15) is 46.5 Å². The lowest BCUT2D eigenvalue weighted by molar-refractivity contribution is -0.129. The maximum absolute atomic E-state index is 11.9. The van der Waals surface area contributed by atoms with Crippen molar-refractivity contribution < 1.29 is 9.59 Å². The van der Waals surface area contributed by atoms with Crippen molar-refractivity contribution in [3.63, 3.8) is 0 Å². The van der Waals surface area contributed by atoms with Crippen LogP contribution in [0.25, 0.3) is 0 Å². The molecular weight excluding hydrogens is 216 g/mol. The average molecular weight is 238 g/mol. The summed E-state index contributed by atoms with van der Waals surface area (Å²) in [6.07, 6.45) is 3.41. The molecule has 0 aromatic rings. The van der Waals surface area contributed by atoms with E-state index in [9.17, 15) is 9.59 Å². The van der Waals surface area contributed by atoms with Gasteiger partial charge in [-0.15, -0.1) is 0 Å². The summed E-state index contributed by atoms with van der Waals surface area (Å²) in [5.74, 6) is 0.439. The number of rotatable bonds is 2. The van der Waals surface area contributed by atoms with Gasteiger partial charge in [-0.2, -0.15) is 0 Å². The Balaban J connectivity index is 1.92. The van der Waals surface area contributed by atoms with Crippen LogP contribution in [0.15, 0.2) is 0 Å². The number of hydrogen-bond acceptors (Lipinski definition) is 3. The minimum atomic E-state index is -0.179. The van der Waals surface area contributed by atoms with Crippen molar-refractivity contribution in [1.29, 1.82) is 0 Å². The fraction of sp³-hybridized carbons (Fsp3) is 0.846. The van der Waals surface area contributed by atoms with Crippen molar-refractivity contribution in [3.05, 3.63) is 0 Å². The van der Waals surface area contributed by atoms with Gasteiger partial charge in [-0.25, -0.2) is 0 Å². The zero-order valence-electron chi connectivity index (χ0n) is 11.0. The zero-order chi connectivity index (χ0) is 12.6. The van der Waals surface area contributed by atoms with Crippen LogP contribution in [-0.4, -0.2) is 40.8 Å². The summed E-state index contributed by atoms with van der Waals surface area (Å²) in [5.41, 5.74) is -0.179. The molecule has 4 heteroatoms. The topological polar surface area (TPSA) is 49.4 Å². The molecule has 2 heterocycles. The fourth-order valence-electron chi connectivity index (χ4n) is 2.94. The predicted octanol–water partition coefficient (Wildman–Crippen LogP) is 1.10. The molecule has 2 rings (SSSR count). The molecule has 2 aliphatic rings. The number of ketones is 1. The van der Waals surface area contributed by atoms with Gasteiger partial charge in [0.25, 0.3) is 0 Å². The highest BCUT2D eigenvalue weighted by atomic mass is 16.2. The SMILES string of the molecule is CC(C)(C)NC(=O)CN1C2CCC1CC(=O)C2. The van der Waals surface area contributed by atoms with Crippen molar-refractivity contribution in [2.75, 3.05) is 6.54 Å². The number of nitrogens with one attached hydrogen (secondary N) is 1. The summed E-state index contributed by atoms with van der Waals surface area (Å²) in [6.45, 7) is 6.40. The first-order valence-electron chi connectivity index (χ1n) is 6.43. The zero-order valence-corrected chi connectivity index (χ0v) is 11.0. The van der Waals surface area contributed by atoms with Gasteiger partial charge in [-0.05, 0) is 33.6 Å². The van der Waals surface area contributed by atoms with Gasteiger partial charge < -0.3 is 5.32 Å². The third kappa shape index (κ3) is 3.06. The standard InChI is InChI=1S/C13H22N2O2/c1-13(2,3)14-12(17)8-15-9-4-5-10(15)7-11(16)6-9/h9-10H,4-8H2,1-3H3,(H,14,17). The van der Waals surface area contributed by atoms with Crippen LogP contribution in [0.5, 0.6) is 0 Å². The van der Waals surface area contributed by atoms with E-state index >= 15 is 0 Å². The molecule has 0 aliphatic carbocycles. The minimum Gasteiger partial charge on any atom is -0.350 e. The van der Waals surface area contributed by atoms with Crippen LogP contribution < -0.4 is 5.32 Å². The summed E-state index contributed by atoms with van der Waals surface area (Å²) < 4.78 is 0. The summed E-state index contributed by atoms with van der Waals surface area (Å²) in [7, 11) is 0. The van der Waals surface area contributed by atoms with Gasteiger partial charge in [0.2, 0.25) is 5.91 Å². The molecule has 2 saturated heterocycles. The van der Waals surface area contributed by atoms with Gasteiger partial charge in [0.1, 0.15) is 5.78 Å². The highest BCUT2D eigenvalue weighted by Crippen LogP contribution is 2.33. The summed E-state index contributed by atoms with van der Waals surface area (Å²) >= 11 is 0. The summed E-state index contributed by atoms with van der Waals surface area (Å²) in [5, 5.41) is 2.98. The second-order valence-corrected chi connectivity index (χ2v) is 6.30. The maximum atomic E-state index is 11.9. The first-order valence-corrected chi connectivity index (χ1v) is 6.43. The van der Waals surface area contributed by atoms with Crippen molar-refractivity contribution in [3.8, 4) is 0 Å². The molecule has 1 amide bonds. The molecule has 4 nitrogen and oxygen atoms in total. The highest BCUT2D eigenvalue weighted by Gasteiger charge is 2.40. The van der Waals surface area contributed by atoms with Gasteiger partial charge in [0, 0.05) is 30.5 Å². The molecule has 0 aromatic heterocycles. The van der Waals surface area contributed by atoms with E-state index in [2.05, 4.69) is 10.2 Å². The third-order valence-electron chi connectivity index (χ3n) is 3.54. The quantitative estimate of drug-likeness (QED) is 0.783. The normalized spacial score (nSPS) is 29.5. The molecule has 2 fully saturated rings. The maximum Gasteiger partial charge on any atom is 0.234 e. The van der Waals surface area contributed by atoms with E-state index in [0.717, 1.165) is 12.8 Å². The summed E-state index contributed by atoms with van der Waals surface area (Å²) in [4.78, 5) is 25.6. The van der Waals surface area contributed by atoms with E-state index < -0.39 is 0 Å². The Bertz CT molecular complexity index is 317. The number of carbonyl (C=O) groups excluding carboxylic acids is 2. The molecule has 17 heavy (non-hydrogen) atoms. The van der Waals surface area contributed by atoms with Crippen LogP contribution in [0, 0.1) is 0 Å². The molecule has 1 N–H and O–H groups in total. The van der Waals surface area contributed by atoms with Gasteiger partial charge in [0.15, 0.2) is 0 Å². The van der Waals surface area contributed by atoms with Crippen molar-refractivity contribution in [2.45, 2.75) is 64.1 Å². The van der Waals surface area contributed by atoms with Crippen LogP contribution in [0.3, 0.4) is 0 Å². The first kappa shape index (κ1) is 12.6. The highest BCUT2D eigenvalue weighted by molar-refractivity contribution is 5.82. The minimum absolute atomic E-state index is 0.0729. The van der Waals surface area contributed by atoms with E-state index in [1.54, 1.807) is 0 Å².